The Balaban J connectivity index is 1.71. The van der Waals surface area contributed by atoms with Crippen LogP contribution in [-0.2, 0) is 14.8 Å². The van der Waals surface area contributed by atoms with Crippen LogP contribution in [-0.4, -0.2) is 45.1 Å². The molecule has 6 heteroatoms. The van der Waals surface area contributed by atoms with Crippen molar-refractivity contribution < 1.29 is 17.9 Å². The lowest BCUT2D eigenvalue weighted by Gasteiger charge is -2.43. The largest absolute Gasteiger partial charge is 0.497 e. The van der Waals surface area contributed by atoms with Crippen LogP contribution in [0.25, 0.3) is 0 Å². The molecule has 22 heavy (non-hydrogen) atoms. The van der Waals surface area contributed by atoms with Gasteiger partial charge in [-0.1, -0.05) is 0 Å². The molecule has 2 heterocycles. The molecule has 2 saturated heterocycles. The Morgan fingerprint density at radius 3 is 2.32 bits per heavy atom. The number of nitrogens with zero attached hydrogens (tertiary/aromatic N) is 1. The fraction of sp³-hybridized carbons (Fsp3) is 0.625. The van der Waals surface area contributed by atoms with Crippen LogP contribution in [0, 0.1) is 0 Å². The predicted octanol–water partition coefficient (Wildman–Crippen LogP) is 2.42. The molecule has 0 aromatic heterocycles. The number of methoxy groups -OCH3 is 1. The Morgan fingerprint density at radius 2 is 1.77 bits per heavy atom. The van der Waals surface area contributed by atoms with Crippen LogP contribution in [0.3, 0.4) is 0 Å². The lowest BCUT2D eigenvalue weighted by Crippen LogP contribution is -2.49. The van der Waals surface area contributed by atoms with E-state index >= 15 is 0 Å². The first-order valence-electron chi connectivity index (χ1n) is 7.84. The van der Waals surface area contributed by atoms with Gasteiger partial charge in [-0.3, -0.25) is 0 Å². The zero-order chi connectivity index (χ0) is 15.6. The molecule has 2 aliphatic rings. The Bertz CT molecular complexity index is 596. The first-order valence-corrected chi connectivity index (χ1v) is 9.28. The summed E-state index contributed by atoms with van der Waals surface area (Å²) in [5, 5.41) is 0. The lowest BCUT2D eigenvalue weighted by molar-refractivity contribution is -0.103. The zero-order valence-electron chi connectivity index (χ0n) is 13.0. The minimum Gasteiger partial charge on any atom is -0.497 e. The molecule has 0 unspecified atom stereocenters. The fourth-order valence-electron chi connectivity index (χ4n) is 3.34. The van der Waals surface area contributed by atoms with Crippen molar-refractivity contribution in [1.82, 2.24) is 4.31 Å². The van der Waals surface area contributed by atoms with E-state index in [1.54, 1.807) is 35.7 Å². The molecule has 0 radical (unpaired) electrons. The Morgan fingerprint density at radius 1 is 1.09 bits per heavy atom. The number of benzene rings is 1. The molecule has 1 aromatic rings. The maximum absolute atomic E-state index is 12.7. The van der Waals surface area contributed by atoms with E-state index in [0.29, 0.717) is 23.7 Å². The van der Waals surface area contributed by atoms with Crippen LogP contribution in [0.2, 0.25) is 0 Å². The van der Waals surface area contributed by atoms with Crippen molar-refractivity contribution in [2.24, 2.45) is 0 Å². The molecule has 0 atom stereocenters. The minimum absolute atomic E-state index is 0.0792. The zero-order valence-corrected chi connectivity index (χ0v) is 13.8. The molecular formula is C16H23NO4S. The molecule has 2 fully saturated rings. The summed E-state index contributed by atoms with van der Waals surface area (Å²) >= 11 is 0. The van der Waals surface area contributed by atoms with Crippen molar-refractivity contribution in [2.75, 3.05) is 26.8 Å². The number of rotatable bonds is 3. The van der Waals surface area contributed by atoms with Gasteiger partial charge in [-0.05, 0) is 56.4 Å². The predicted molar refractivity (Wildman–Crippen MR) is 83.5 cm³/mol. The van der Waals surface area contributed by atoms with E-state index < -0.39 is 10.0 Å². The van der Waals surface area contributed by atoms with E-state index in [2.05, 4.69) is 0 Å². The van der Waals surface area contributed by atoms with Gasteiger partial charge in [0.25, 0.3) is 0 Å². The minimum atomic E-state index is -3.42. The average Bonchev–Trinajstić information content (AvgIpc) is 2.56. The quantitative estimate of drug-likeness (QED) is 0.856. The van der Waals surface area contributed by atoms with Gasteiger partial charge in [-0.25, -0.2) is 8.42 Å². The van der Waals surface area contributed by atoms with E-state index in [1.807, 2.05) is 0 Å². The summed E-state index contributed by atoms with van der Waals surface area (Å²) in [4.78, 5) is 0.328. The molecule has 0 amide bonds. The van der Waals surface area contributed by atoms with Gasteiger partial charge in [0.05, 0.1) is 17.6 Å². The summed E-state index contributed by atoms with van der Waals surface area (Å²) in [7, 11) is -1.85. The number of ether oxygens (including phenoxy) is 2. The van der Waals surface area contributed by atoms with Gasteiger partial charge in [0, 0.05) is 19.7 Å². The molecule has 0 bridgehead atoms. The van der Waals surface area contributed by atoms with E-state index in [-0.39, 0.29) is 5.60 Å². The summed E-state index contributed by atoms with van der Waals surface area (Å²) in [6, 6.07) is 6.58. The standard InChI is InChI=1S/C16H23NO4S/c1-20-14-4-6-15(7-5-14)22(18,19)17-11-9-16(10-12-17)8-2-3-13-21-16/h4-7H,2-3,8-13H2,1H3. The van der Waals surface area contributed by atoms with Crippen LogP contribution in [0.1, 0.15) is 32.1 Å². The third kappa shape index (κ3) is 3.00. The normalized spacial score (nSPS) is 22.6. The van der Waals surface area contributed by atoms with Gasteiger partial charge in [0.1, 0.15) is 5.75 Å². The van der Waals surface area contributed by atoms with Crippen molar-refractivity contribution in [2.45, 2.75) is 42.6 Å². The molecule has 0 saturated carbocycles. The molecule has 1 spiro atoms. The van der Waals surface area contributed by atoms with Crippen molar-refractivity contribution in [1.29, 1.82) is 0 Å². The summed E-state index contributed by atoms with van der Waals surface area (Å²) < 4.78 is 38.0. The maximum Gasteiger partial charge on any atom is 0.243 e. The number of hydrogen-bond acceptors (Lipinski definition) is 4. The molecule has 2 aliphatic heterocycles. The number of sulfonamides is 1. The van der Waals surface area contributed by atoms with Crippen LogP contribution >= 0.6 is 0 Å². The summed E-state index contributed by atoms with van der Waals surface area (Å²) in [5.74, 6) is 0.659. The fourth-order valence-corrected chi connectivity index (χ4v) is 4.78. The first-order chi connectivity index (χ1) is 10.6. The van der Waals surface area contributed by atoms with Crippen molar-refractivity contribution in [3.8, 4) is 5.75 Å². The Kier molecular flexibility index (Phi) is 4.43. The second kappa shape index (κ2) is 6.18. The van der Waals surface area contributed by atoms with Crippen molar-refractivity contribution in [3.63, 3.8) is 0 Å². The van der Waals surface area contributed by atoms with Gasteiger partial charge in [0.15, 0.2) is 0 Å². The van der Waals surface area contributed by atoms with E-state index in [0.717, 1.165) is 32.3 Å². The topological polar surface area (TPSA) is 55.8 Å². The van der Waals surface area contributed by atoms with E-state index in [1.165, 1.54) is 6.42 Å². The smallest absolute Gasteiger partial charge is 0.243 e. The van der Waals surface area contributed by atoms with Crippen LogP contribution in [0.15, 0.2) is 29.2 Å². The number of hydrogen-bond donors (Lipinski definition) is 0. The van der Waals surface area contributed by atoms with Crippen molar-refractivity contribution >= 4 is 10.0 Å². The maximum atomic E-state index is 12.7. The van der Waals surface area contributed by atoms with Crippen LogP contribution in [0.4, 0.5) is 0 Å². The van der Waals surface area contributed by atoms with Gasteiger partial charge in [0.2, 0.25) is 10.0 Å². The summed E-state index contributed by atoms with van der Waals surface area (Å²) in [6.45, 7) is 1.88. The number of piperidine rings is 1. The highest BCUT2D eigenvalue weighted by atomic mass is 32.2. The SMILES string of the molecule is COc1ccc(S(=O)(=O)N2CCC3(CCCCO3)CC2)cc1. The second-order valence-electron chi connectivity index (χ2n) is 6.07. The third-order valence-electron chi connectivity index (χ3n) is 4.77. The van der Waals surface area contributed by atoms with E-state index in [9.17, 15) is 8.42 Å². The highest BCUT2D eigenvalue weighted by molar-refractivity contribution is 7.89. The van der Waals surface area contributed by atoms with Gasteiger partial charge < -0.3 is 9.47 Å². The third-order valence-corrected chi connectivity index (χ3v) is 6.68. The van der Waals surface area contributed by atoms with Gasteiger partial charge in [-0.2, -0.15) is 4.31 Å². The lowest BCUT2D eigenvalue weighted by atomic mass is 9.85. The van der Waals surface area contributed by atoms with Gasteiger partial charge in [-0.15, -0.1) is 0 Å². The van der Waals surface area contributed by atoms with Crippen LogP contribution < -0.4 is 4.74 Å². The van der Waals surface area contributed by atoms with Gasteiger partial charge >= 0.3 is 0 Å². The molecule has 0 aliphatic carbocycles. The Labute approximate surface area is 132 Å². The monoisotopic (exact) mass is 325 g/mol. The molecular weight excluding hydrogens is 302 g/mol. The summed E-state index contributed by atoms with van der Waals surface area (Å²) in [6.07, 6.45) is 4.95. The second-order valence-corrected chi connectivity index (χ2v) is 8.01. The molecule has 1 aromatic carbocycles. The Hall–Kier alpha value is -1.11. The highest BCUT2D eigenvalue weighted by Gasteiger charge is 2.40. The average molecular weight is 325 g/mol. The van der Waals surface area contributed by atoms with Crippen LogP contribution in [0.5, 0.6) is 5.75 Å². The molecule has 5 nitrogen and oxygen atoms in total. The molecule has 122 valence electrons. The first kappa shape index (κ1) is 15.8. The van der Waals surface area contributed by atoms with Crippen molar-refractivity contribution in [3.05, 3.63) is 24.3 Å². The van der Waals surface area contributed by atoms with E-state index in [4.69, 9.17) is 9.47 Å². The highest BCUT2D eigenvalue weighted by Crippen LogP contribution is 2.36. The molecule has 0 N–H and O–H groups in total. The summed E-state index contributed by atoms with van der Waals surface area (Å²) in [5.41, 5.74) is -0.0792. The molecule has 3 rings (SSSR count).